The first-order valence-corrected chi connectivity index (χ1v) is 7.46. The summed E-state index contributed by atoms with van der Waals surface area (Å²) in [5, 5.41) is 9.93. The van der Waals surface area contributed by atoms with E-state index in [0.29, 0.717) is 11.4 Å². The lowest BCUT2D eigenvalue weighted by atomic mass is 10.0. The van der Waals surface area contributed by atoms with Gasteiger partial charge in [0, 0.05) is 11.8 Å². The van der Waals surface area contributed by atoms with Gasteiger partial charge in [-0.15, -0.1) is 0 Å². The van der Waals surface area contributed by atoms with Crippen molar-refractivity contribution in [2.24, 2.45) is 0 Å². The number of aliphatic hydroxyl groups is 1. The van der Waals surface area contributed by atoms with E-state index in [4.69, 9.17) is 19.9 Å². The second-order valence-corrected chi connectivity index (χ2v) is 5.72. The van der Waals surface area contributed by atoms with E-state index < -0.39 is 6.10 Å². The first-order valence-electron chi connectivity index (χ1n) is 7.46. The maximum Gasteiger partial charge on any atom is 0.121 e. The molecule has 1 aliphatic heterocycles. The van der Waals surface area contributed by atoms with E-state index in [9.17, 15) is 5.11 Å². The van der Waals surface area contributed by atoms with Gasteiger partial charge in [-0.1, -0.05) is 6.07 Å². The number of hydrogen-bond acceptors (Lipinski definition) is 5. The Kier molecular flexibility index (Phi) is 5.85. The smallest absolute Gasteiger partial charge is 0.121 e. The highest BCUT2D eigenvalue weighted by Crippen LogP contribution is 2.21. The Balaban J connectivity index is 1.68. The maximum absolute atomic E-state index is 9.93. The topological polar surface area (TPSA) is 73.9 Å². The van der Waals surface area contributed by atoms with E-state index in [1.807, 2.05) is 26.0 Å². The summed E-state index contributed by atoms with van der Waals surface area (Å²) in [5.41, 5.74) is 6.31. The third-order valence-corrected chi connectivity index (χ3v) is 3.48. The van der Waals surface area contributed by atoms with Gasteiger partial charge in [-0.2, -0.15) is 0 Å². The van der Waals surface area contributed by atoms with Crippen LogP contribution in [0.2, 0.25) is 0 Å². The summed E-state index contributed by atoms with van der Waals surface area (Å²) in [6.45, 7) is 4.56. The number of ether oxygens (including phenoxy) is 3. The minimum Gasteiger partial charge on any atom is -0.491 e. The largest absolute Gasteiger partial charge is 0.491 e. The molecular formula is C16H25NO4. The molecule has 5 nitrogen and oxygen atoms in total. The summed E-state index contributed by atoms with van der Waals surface area (Å²) in [5.74, 6) is 0.655. The van der Waals surface area contributed by atoms with Crippen LogP contribution in [0.1, 0.15) is 26.7 Å². The van der Waals surface area contributed by atoms with Gasteiger partial charge in [0.15, 0.2) is 0 Å². The number of hydrogen-bond donors (Lipinski definition) is 2. The minimum absolute atomic E-state index is 0.144. The van der Waals surface area contributed by atoms with Crippen LogP contribution in [-0.4, -0.2) is 42.7 Å². The number of anilines is 1. The lowest BCUT2D eigenvalue weighted by Gasteiger charge is -2.32. The molecule has 3 unspecified atom stereocenters. The molecular weight excluding hydrogens is 270 g/mol. The molecule has 0 aliphatic carbocycles. The van der Waals surface area contributed by atoms with Gasteiger partial charge in [0.25, 0.3) is 0 Å². The number of benzene rings is 1. The van der Waals surface area contributed by atoms with Crippen LogP contribution >= 0.6 is 0 Å². The van der Waals surface area contributed by atoms with Crippen molar-refractivity contribution in [2.75, 3.05) is 18.9 Å². The van der Waals surface area contributed by atoms with Crippen LogP contribution in [0.4, 0.5) is 5.69 Å². The SMILES string of the molecule is CC1CC(OCC(O)COc2cccc(N)c2)CC(C)O1. The third-order valence-electron chi connectivity index (χ3n) is 3.48. The van der Waals surface area contributed by atoms with Gasteiger partial charge in [0.2, 0.25) is 0 Å². The van der Waals surface area contributed by atoms with E-state index in [1.165, 1.54) is 0 Å². The van der Waals surface area contributed by atoms with Gasteiger partial charge >= 0.3 is 0 Å². The molecule has 1 fully saturated rings. The molecule has 3 N–H and O–H groups in total. The molecule has 3 atom stereocenters. The molecule has 1 heterocycles. The molecule has 1 saturated heterocycles. The van der Waals surface area contributed by atoms with Crippen LogP contribution in [0.5, 0.6) is 5.75 Å². The average molecular weight is 295 g/mol. The molecule has 21 heavy (non-hydrogen) atoms. The number of nitrogen functional groups attached to an aromatic ring is 1. The molecule has 2 rings (SSSR count). The zero-order valence-corrected chi connectivity index (χ0v) is 12.7. The Morgan fingerprint density at radius 3 is 2.67 bits per heavy atom. The van der Waals surface area contributed by atoms with Crippen molar-refractivity contribution >= 4 is 5.69 Å². The van der Waals surface area contributed by atoms with Crippen molar-refractivity contribution in [3.8, 4) is 5.75 Å². The van der Waals surface area contributed by atoms with Crippen LogP contribution in [0.3, 0.4) is 0 Å². The Morgan fingerprint density at radius 2 is 2.00 bits per heavy atom. The normalized spacial score (nSPS) is 27.3. The van der Waals surface area contributed by atoms with Crippen molar-refractivity contribution in [1.29, 1.82) is 0 Å². The minimum atomic E-state index is -0.653. The predicted molar refractivity (Wildman–Crippen MR) is 81.3 cm³/mol. The quantitative estimate of drug-likeness (QED) is 0.785. The van der Waals surface area contributed by atoms with Gasteiger partial charge in [-0.25, -0.2) is 0 Å². The van der Waals surface area contributed by atoms with E-state index in [2.05, 4.69) is 0 Å². The first kappa shape index (κ1) is 16.1. The zero-order chi connectivity index (χ0) is 15.2. The molecule has 5 heteroatoms. The number of nitrogens with two attached hydrogens (primary N) is 1. The maximum atomic E-state index is 9.93. The van der Waals surface area contributed by atoms with Crippen molar-refractivity contribution in [1.82, 2.24) is 0 Å². The lowest BCUT2D eigenvalue weighted by molar-refractivity contribution is -0.115. The summed E-state index contributed by atoms with van der Waals surface area (Å²) in [7, 11) is 0. The van der Waals surface area contributed by atoms with Crippen molar-refractivity contribution in [3.05, 3.63) is 24.3 Å². The van der Waals surface area contributed by atoms with Gasteiger partial charge < -0.3 is 25.1 Å². The second-order valence-electron chi connectivity index (χ2n) is 5.72. The fraction of sp³-hybridized carbons (Fsp3) is 0.625. The molecule has 0 amide bonds. The molecule has 1 aromatic rings. The summed E-state index contributed by atoms with van der Waals surface area (Å²) in [6.07, 6.45) is 1.64. The third kappa shape index (κ3) is 5.53. The molecule has 0 radical (unpaired) electrons. The highest BCUT2D eigenvalue weighted by Gasteiger charge is 2.25. The van der Waals surface area contributed by atoms with E-state index in [1.54, 1.807) is 12.1 Å². The second kappa shape index (κ2) is 7.64. The Labute approximate surface area is 126 Å². The van der Waals surface area contributed by atoms with Crippen LogP contribution in [0.15, 0.2) is 24.3 Å². The van der Waals surface area contributed by atoms with Gasteiger partial charge in [-0.3, -0.25) is 0 Å². The first-order chi connectivity index (χ1) is 10.0. The summed E-state index contributed by atoms with van der Waals surface area (Å²) in [6, 6.07) is 7.15. The van der Waals surface area contributed by atoms with Crippen molar-refractivity contribution in [2.45, 2.75) is 51.1 Å². The highest BCUT2D eigenvalue weighted by molar-refractivity contribution is 5.43. The van der Waals surface area contributed by atoms with Crippen LogP contribution in [-0.2, 0) is 9.47 Å². The average Bonchev–Trinajstić information content (AvgIpc) is 2.42. The molecule has 0 saturated carbocycles. The van der Waals surface area contributed by atoms with Crippen molar-refractivity contribution in [3.63, 3.8) is 0 Å². The molecule has 1 aromatic carbocycles. The number of rotatable bonds is 6. The van der Waals surface area contributed by atoms with Crippen molar-refractivity contribution < 1.29 is 19.3 Å². The fourth-order valence-electron chi connectivity index (χ4n) is 2.57. The van der Waals surface area contributed by atoms with Crippen LogP contribution in [0.25, 0.3) is 0 Å². The standard InChI is InChI=1S/C16H25NO4/c1-11-6-16(7-12(2)21-11)20-10-14(18)9-19-15-5-3-4-13(17)8-15/h3-5,8,11-12,14,16,18H,6-7,9-10,17H2,1-2H3. The van der Waals surface area contributed by atoms with Crippen LogP contribution in [0, 0.1) is 0 Å². The Hall–Kier alpha value is -1.30. The fourth-order valence-corrected chi connectivity index (χ4v) is 2.57. The molecule has 0 spiro atoms. The summed E-state index contributed by atoms with van der Waals surface area (Å²) < 4.78 is 16.9. The number of aliphatic hydroxyl groups excluding tert-OH is 1. The molecule has 0 bridgehead atoms. The lowest BCUT2D eigenvalue weighted by Crippen LogP contribution is -2.36. The van der Waals surface area contributed by atoms with Crippen LogP contribution < -0.4 is 10.5 Å². The monoisotopic (exact) mass is 295 g/mol. The molecule has 118 valence electrons. The molecule has 0 aromatic heterocycles. The van der Waals surface area contributed by atoms with E-state index >= 15 is 0 Å². The van der Waals surface area contributed by atoms with E-state index in [-0.39, 0.29) is 31.5 Å². The predicted octanol–water partition coefficient (Wildman–Crippen LogP) is 1.98. The highest BCUT2D eigenvalue weighted by atomic mass is 16.5. The van der Waals surface area contributed by atoms with Gasteiger partial charge in [-0.05, 0) is 38.8 Å². The van der Waals surface area contributed by atoms with Gasteiger partial charge in [0.05, 0.1) is 24.9 Å². The Morgan fingerprint density at radius 1 is 1.29 bits per heavy atom. The molecule has 1 aliphatic rings. The van der Waals surface area contributed by atoms with Gasteiger partial charge in [0.1, 0.15) is 18.5 Å². The van der Waals surface area contributed by atoms with E-state index in [0.717, 1.165) is 12.8 Å². The summed E-state index contributed by atoms with van der Waals surface area (Å²) in [4.78, 5) is 0. The summed E-state index contributed by atoms with van der Waals surface area (Å²) >= 11 is 0. The Bertz CT molecular complexity index is 430. The zero-order valence-electron chi connectivity index (χ0n) is 12.7.